The molecule has 0 bridgehead atoms. The number of carbonyl (C=O) groups is 1. The van der Waals surface area contributed by atoms with Crippen molar-refractivity contribution >= 4 is 28.1 Å². The summed E-state index contributed by atoms with van der Waals surface area (Å²) < 4.78 is 0. The summed E-state index contributed by atoms with van der Waals surface area (Å²) in [4.78, 5) is 12.2. The number of para-hydroxylation sites is 1. The Hall–Kier alpha value is -3.01. The molecule has 3 aromatic rings. The molecule has 0 fully saturated rings. The zero-order valence-corrected chi connectivity index (χ0v) is 12.3. The maximum absolute atomic E-state index is 12.2. The number of rotatable bonds is 4. The Morgan fingerprint density at radius 2 is 1.59 bits per heavy atom. The minimum Gasteiger partial charge on any atom is -0.387 e. The van der Waals surface area contributed by atoms with Gasteiger partial charge in [0.05, 0.1) is 11.3 Å². The van der Waals surface area contributed by atoms with Gasteiger partial charge in [-0.3, -0.25) is 15.6 Å². The van der Waals surface area contributed by atoms with E-state index in [9.17, 15) is 4.79 Å². The van der Waals surface area contributed by atoms with Crippen LogP contribution in [0.15, 0.2) is 66.7 Å². The summed E-state index contributed by atoms with van der Waals surface area (Å²) in [5.74, 6) is -0.182. The average Bonchev–Trinajstić information content (AvgIpc) is 2.59. The summed E-state index contributed by atoms with van der Waals surface area (Å²) in [7, 11) is 1.79. The zero-order chi connectivity index (χ0) is 15.4. The highest BCUT2D eigenvalue weighted by atomic mass is 16.2. The lowest BCUT2D eigenvalue weighted by Crippen LogP contribution is -2.29. The van der Waals surface area contributed by atoms with Gasteiger partial charge >= 0.3 is 0 Å². The molecular weight excluding hydrogens is 274 g/mol. The van der Waals surface area contributed by atoms with E-state index < -0.39 is 0 Å². The molecular formula is C18H17N3O. The molecule has 0 atom stereocenters. The van der Waals surface area contributed by atoms with Crippen LogP contribution < -0.4 is 16.2 Å². The third kappa shape index (κ3) is 2.86. The number of hydrazine groups is 1. The fraction of sp³-hybridized carbons (Fsp3) is 0.0556. The van der Waals surface area contributed by atoms with Gasteiger partial charge in [-0.25, -0.2) is 0 Å². The number of anilines is 2. The second-order valence-corrected chi connectivity index (χ2v) is 4.94. The fourth-order valence-electron chi connectivity index (χ4n) is 2.36. The lowest BCUT2D eigenvalue weighted by molar-refractivity contribution is 0.0963. The quantitative estimate of drug-likeness (QED) is 0.643. The maximum Gasteiger partial charge on any atom is 0.271 e. The van der Waals surface area contributed by atoms with Crippen molar-refractivity contribution in [1.29, 1.82) is 0 Å². The van der Waals surface area contributed by atoms with E-state index in [2.05, 4.69) is 22.2 Å². The standard InChI is InChI=1S/C18H17N3O/c1-19-17-9-5-4-8-16(17)18(22)21-20-15-11-10-13-6-2-3-7-14(13)12-15/h2-12,19-20H,1H3,(H,21,22). The van der Waals surface area contributed by atoms with E-state index in [-0.39, 0.29) is 5.91 Å². The number of nitrogens with one attached hydrogen (secondary N) is 3. The molecule has 0 heterocycles. The van der Waals surface area contributed by atoms with Crippen molar-refractivity contribution in [2.75, 3.05) is 17.8 Å². The minimum absolute atomic E-state index is 0.182. The van der Waals surface area contributed by atoms with E-state index in [0.717, 1.165) is 16.8 Å². The summed E-state index contributed by atoms with van der Waals surface area (Å²) in [6.07, 6.45) is 0. The first-order valence-corrected chi connectivity index (χ1v) is 7.10. The first-order chi connectivity index (χ1) is 10.8. The van der Waals surface area contributed by atoms with Gasteiger partial charge in [0.15, 0.2) is 0 Å². The van der Waals surface area contributed by atoms with Crippen LogP contribution in [0.3, 0.4) is 0 Å². The van der Waals surface area contributed by atoms with E-state index in [4.69, 9.17) is 0 Å². The van der Waals surface area contributed by atoms with Crippen LogP contribution in [0.1, 0.15) is 10.4 Å². The van der Waals surface area contributed by atoms with Gasteiger partial charge in [0.25, 0.3) is 5.91 Å². The summed E-state index contributed by atoms with van der Waals surface area (Å²) in [5.41, 5.74) is 7.91. The van der Waals surface area contributed by atoms with Crippen molar-refractivity contribution in [1.82, 2.24) is 5.43 Å². The molecule has 0 saturated heterocycles. The SMILES string of the molecule is CNc1ccccc1C(=O)NNc1ccc2ccccc2c1. The topological polar surface area (TPSA) is 53.2 Å². The van der Waals surface area contributed by atoms with E-state index in [0.29, 0.717) is 5.56 Å². The fourth-order valence-corrected chi connectivity index (χ4v) is 2.36. The highest BCUT2D eigenvalue weighted by molar-refractivity contribution is 6.00. The monoisotopic (exact) mass is 291 g/mol. The number of benzene rings is 3. The van der Waals surface area contributed by atoms with Crippen LogP contribution in [-0.2, 0) is 0 Å². The summed E-state index contributed by atoms with van der Waals surface area (Å²) in [6.45, 7) is 0. The zero-order valence-electron chi connectivity index (χ0n) is 12.3. The van der Waals surface area contributed by atoms with Crippen LogP contribution >= 0.6 is 0 Å². The molecule has 0 radical (unpaired) electrons. The molecule has 3 rings (SSSR count). The summed E-state index contributed by atoms with van der Waals surface area (Å²) in [6, 6.07) is 21.4. The smallest absolute Gasteiger partial charge is 0.271 e. The summed E-state index contributed by atoms with van der Waals surface area (Å²) in [5, 5.41) is 5.30. The van der Waals surface area contributed by atoms with E-state index in [1.54, 1.807) is 13.1 Å². The van der Waals surface area contributed by atoms with Crippen molar-refractivity contribution in [3.05, 3.63) is 72.3 Å². The Bertz CT molecular complexity index is 814. The highest BCUT2D eigenvalue weighted by Crippen LogP contribution is 2.18. The molecule has 0 saturated carbocycles. The van der Waals surface area contributed by atoms with E-state index in [1.165, 1.54) is 5.39 Å². The number of hydrogen-bond donors (Lipinski definition) is 3. The maximum atomic E-state index is 12.2. The summed E-state index contributed by atoms with van der Waals surface area (Å²) >= 11 is 0. The molecule has 110 valence electrons. The molecule has 0 aromatic heterocycles. The molecule has 4 nitrogen and oxygen atoms in total. The predicted octanol–water partition coefficient (Wildman–Crippen LogP) is 3.64. The number of amides is 1. The Labute approximate surface area is 129 Å². The minimum atomic E-state index is -0.182. The van der Waals surface area contributed by atoms with Crippen molar-refractivity contribution in [3.8, 4) is 0 Å². The molecule has 3 aromatic carbocycles. The first kappa shape index (κ1) is 13.9. The van der Waals surface area contributed by atoms with Crippen molar-refractivity contribution in [3.63, 3.8) is 0 Å². The molecule has 0 aliphatic carbocycles. The largest absolute Gasteiger partial charge is 0.387 e. The van der Waals surface area contributed by atoms with E-state index >= 15 is 0 Å². The number of fused-ring (bicyclic) bond motifs is 1. The van der Waals surface area contributed by atoms with Crippen molar-refractivity contribution in [2.45, 2.75) is 0 Å². The van der Waals surface area contributed by atoms with Crippen LogP contribution in [0, 0.1) is 0 Å². The van der Waals surface area contributed by atoms with Crippen LogP contribution in [-0.4, -0.2) is 13.0 Å². The van der Waals surface area contributed by atoms with Gasteiger partial charge in [-0.1, -0.05) is 42.5 Å². The van der Waals surface area contributed by atoms with Gasteiger partial charge in [-0.2, -0.15) is 0 Å². The Morgan fingerprint density at radius 3 is 2.41 bits per heavy atom. The molecule has 0 unspecified atom stereocenters. The van der Waals surface area contributed by atoms with Crippen LogP contribution in [0.25, 0.3) is 10.8 Å². The lowest BCUT2D eigenvalue weighted by atomic mass is 10.1. The second kappa shape index (κ2) is 6.18. The van der Waals surface area contributed by atoms with Gasteiger partial charge in [-0.05, 0) is 35.0 Å². The Balaban J connectivity index is 1.74. The first-order valence-electron chi connectivity index (χ1n) is 7.10. The van der Waals surface area contributed by atoms with E-state index in [1.807, 2.05) is 54.6 Å². The Kier molecular flexibility index (Phi) is 3.92. The molecule has 0 spiro atoms. The van der Waals surface area contributed by atoms with Gasteiger partial charge in [0.2, 0.25) is 0 Å². The third-order valence-corrected chi connectivity index (χ3v) is 3.51. The normalized spacial score (nSPS) is 10.2. The van der Waals surface area contributed by atoms with Gasteiger partial charge in [0, 0.05) is 12.7 Å². The average molecular weight is 291 g/mol. The highest BCUT2D eigenvalue weighted by Gasteiger charge is 2.09. The molecule has 4 heteroatoms. The van der Waals surface area contributed by atoms with Crippen LogP contribution in [0.2, 0.25) is 0 Å². The predicted molar refractivity (Wildman–Crippen MR) is 91.0 cm³/mol. The lowest BCUT2D eigenvalue weighted by Gasteiger charge is -2.12. The number of carbonyl (C=O) groups excluding carboxylic acids is 1. The molecule has 1 amide bonds. The Morgan fingerprint density at radius 1 is 0.864 bits per heavy atom. The third-order valence-electron chi connectivity index (χ3n) is 3.51. The van der Waals surface area contributed by atoms with Gasteiger partial charge in [-0.15, -0.1) is 0 Å². The van der Waals surface area contributed by atoms with Crippen molar-refractivity contribution in [2.24, 2.45) is 0 Å². The van der Waals surface area contributed by atoms with Crippen molar-refractivity contribution < 1.29 is 4.79 Å². The number of hydrogen-bond acceptors (Lipinski definition) is 3. The van der Waals surface area contributed by atoms with Gasteiger partial charge in [0.1, 0.15) is 0 Å². The van der Waals surface area contributed by atoms with Crippen LogP contribution in [0.4, 0.5) is 11.4 Å². The van der Waals surface area contributed by atoms with Gasteiger partial charge < -0.3 is 5.32 Å². The van der Waals surface area contributed by atoms with Crippen LogP contribution in [0.5, 0.6) is 0 Å². The second-order valence-electron chi connectivity index (χ2n) is 4.94. The molecule has 0 aliphatic heterocycles. The molecule has 3 N–H and O–H groups in total. The molecule has 0 aliphatic rings. The molecule has 22 heavy (non-hydrogen) atoms.